The zero-order chi connectivity index (χ0) is 18.2. The summed E-state index contributed by atoms with van der Waals surface area (Å²) in [6, 6.07) is 7.33. The predicted molar refractivity (Wildman–Crippen MR) is 96.5 cm³/mol. The summed E-state index contributed by atoms with van der Waals surface area (Å²) in [5.41, 5.74) is 4.27. The van der Waals surface area contributed by atoms with Gasteiger partial charge in [0.05, 0.1) is 11.9 Å². The van der Waals surface area contributed by atoms with Crippen molar-refractivity contribution < 1.29 is 14.3 Å². The van der Waals surface area contributed by atoms with Crippen molar-refractivity contribution in [2.24, 2.45) is 0 Å². The Balaban J connectivity index is 1.28. The van der Waals surface area contributed by atoms with E-state index in [4.69, 9.17) is 9.47 Å². The van der Waals surface area contributed by atoms with Gasteiger partial charge in [0.1, 0.15) is 5.69 Å². The third-order valence-electron chi connectivity index (χ3n) is 5.00. The van der Waals surface area contributed by atoms with Gasteiger partial charge in [0.25, 0.3) is 5.91 Å². The fraction of sp³-hybridized carbons (Fsp3) is 0.316. The maximum absolute atomic E-state index is 12.5. The van der Waals surface area contributed by atoms with Crippen LogP contribution < -0.4 is 14.8 Å². The lowest BCUT2D eigenvalue weighted by molar-refractivity contribution is 0.0945. The van der Waals surface area contributed by atoms with Gasteiger partial charge in [-0.15, -0.1) is 0 Å². The zero-order valence-corrected chi connectivity index (χ0v) is 14.7. The predicted octanol–water partition coefficient (Wildman–Crippen LogP) is 2.27. The summed E-state index contributed by atoms with van der Waals surface area (Å²) in [7, 11) is 0. The van der Waals surface area contributed by atoms with E-state index in [2.05, 4.69) is 20.6 Å². The third kappa shape index (κ3) is 2.92. The third-order valence-corrected chi connectivity index (χ3v) is 5.00. The molecule has 0 bridgehead atoms. The largest absolute Gasteiger partial charge is 0.454 e. The lowest BCUT2D eigenvalue weighted by atomic mass is 10.1. The molecule has 0 spiro atoms. The molecule has 27 heavy (non-hydrogen) atoms. The standard InChI is InChI=1S/C19H19N5O3/c25-19(20-9-13-10-21-24-6-2-1-3-16(13)24)15-8-14(22-23-15)12-4-5-17-18(7-12)27-11-26-17/h4-5,7-8,10H,1-3,6,9,11H2,(H,20,25)(H,22,23). The quantitative estimate of drug-likeness (QED) is 0.740. The van der Waals surface area contributed by atoms with Gasteiger partial charge < -0.3 is 14.8 Å². The minimum atomic E-state index is -0.190. The Hall–Kier alpha value is -3.29. The summed E-state index contributed by atoms with van der Waals surface area (Å²) >= 11 is 0. The molecule has 0 unspecified atom stereocenters. The molecule has 0 aliphatic carbocycles. The molecule has 1 amide bonds. The zero-order valence-electron chi connectivity index (χ0n) is 14.7. The number of benzene rings is 1. The van der Waals surface area contributed by atoms with E-state index in [1.165, 1.54) is 12.1 Å². The van der Waals surface area contributed by atoms with Crippen LogP contribution in [-0.4, -0.2) is 32.7 Å². The lowest BCUT2D eigenvalue weighted by Gasteiger charge is -2.14. The number of nitrogens with one attached hydrogen (secondary N) is 2. The van der Waals surface area contributed by atoms with Crippen LogP contribution in [-0.2, 0) is 19.5 Å². The van der Waals surface area contributed by atoms with Gasteiger partial charge in [-0.05, 0) is 43.5 Å². The first-order valence-corrected chi connectivity index (χ1v) is 9.05. The molecule has 2 aromatic heterocycles. The van der Waals surface area contributed by atoms with Crippen molar-refractivity contribution in [1.29, 1.82) is 0 Å². The number of ether oxygens (including phenoxy) is 2. The van der Waals surface area contributed by atoms with Crippen LogP contribution in [0.1, 0.15) is 34.6 Å². The van der Waals surface area contributed by atoms with E-state index in [0.29, 0.717) is 23.7 Å². The van der Waals surface area contributed by atoms with Gasteiger partial charge in [-0.2, -0.15) is 10.2 Å². The molecular weight excluding hydrogens is 346 g/mol. The summed E-state index contributed by atoms with van der Waals surface area (Å²) in [6.07, 6.45) is 5.21. The highest BCUT2D eigenvalue weighted by Crippen LogP contribution is 2.35. The van der Waals surface area contributed by atoms with Crippen LogP contribution >= 0.6 is 0 Å². The number of hydrogen-bond acceptors (Lipinski definition) is 5. The highest BCUT2D eigenvalue weighted by Gasteiger charge is 2.18. The van der Waals surface area contributed by atoms with E-state index in [0.717, 1.165) is 36.3 Å². The molecule has 0 atom stereocenters. The Morgan fingerprint density at radius 2 is 2.15 bits per heavy atom. The Morgan fingerprint density at radius 1 is 1.22 bits per heavy atom. The summed E-state index contributed by atoms with van der Waals surface area (Å²) in [6.45, 7) is 1.65. The summed E-state index contributed by atoms with van der Waals surface area (Å²) < 4.78 is 12.8. The molecule has 5 rings (SSSR count). The van der Waals surface area contributed by atoms with Crippen LogP contribution in [0.25, 0.3) is 11.3 Å². The number of carbonyl (C=O) groups excluding carboxylic acids is 1. The Labute approximate surface area is 155 Å². The fourth-order valence-corrected chi connectivity index (χ4v) is 3.55. The van der Waals surface area contributed by atoms with E-state index in [-0.39, 0.29) is 12.7 Å². The molecule has 0 saturated carbocycles. The van der Waals surface area contributed by atoms with Gasteiger partial charge in [-0.1, -0.05) is 0 Å². The molecule has 2 N–H and O–H groups in total. The average molecular weight is 365 g/mol. The maximum atomic E-state index is 12.5. The van der Waals surface area contributed by atoms with Gasteiger partial charge in [0.2, 0.25) is 6.79 Å². The first kappa shape index (κ1) is 15.9. The van der Waals surface area contributed by atoms with E-state index >= 15 is 0 Å². The molecule has 8 nitrogen and oxygen atoms in total. The van der Waals surface area contributed by atoms with Crippen molar-refractivity contribution >= 4 is 5.91 Å². The van der Waals surface area contributed by atoms with Gasteiger partial charge in [-0.3, -0.25) is 14.6 Å². The normalized spacial score (nSPS) is 14.8. The van der Waals surface area contributed by atoms with E-state index in [1.54, 1.807) is 6.07 Å². The smallest absolute Gasteiger partial charge is 0.269 e. The summed E-state index contributed by atoms with van der Waals surface area (Å²) in [4.78, 5) is 12.5. The lowest BCUT2D eigenvalue weighted by Crippen LogP contribution is -2.24. The van der Waals surface area contributed by atoms with Crippen molar-refractivity contribution in [3.63, 3.8) is 0 Å². The van der Waals surface area contributed by atoms with Crippen molar-refractivity contribution in [1.82, 2.24) is 25.3 Å². The molecule has 1 aromatic carbocycles. The molecular formula is C19H19N5O3. The number of aromatic nitrogens is 4. The molecule has 138 valence electrons. The first-order valence-electron chi connectivity index (χ1n) is 9.05. The SMILES string of the molecule is O=C(NCc1cnn2c1CCCC2)c1cc(-c2ccc3c(c2)OCO3)n[nH]1. The molecule has 4 heterocycles. The number of carbonyl (C=O) groups is 1. The Morgan fingerprint density at radius 3 is 3.11 bits per heavy atom. The summed E-state index contributed by atoms with van der Waals surface area (Å²) in [5, 5.41) is 14.4. The second-order valence-electron chi connectivity index (χ2n) is 6.71. The number of fused-ring (bicyclic) bond motifs is 2. The van der Waals surface area contributed by atoms with Crippen LogP contribution in [0.5, 0.6) is 11.5 Å². The van der Waals surface area contributed by atoms with Gasteiger partial charge in [0.15, 0.2) is 11.5 Å². The fourth-order valence-electron chi connectivity index (χ4n) is 3.55. The van der Waals surface area contributed by atoms with Crippen LogP contribution in [0.15, 0.2) is 30.5 Å². The van der Waals surface area contributed by atoms with Crippen molar-refractivity contribution in [3.05, 3.63) is 47.4 Å². The number of aromatic amines is 1. The maximum Gasteiger partial charge on any atom is 0.269 e. The molecule has 2 aliphatic heterocycles. The van der Waals surface area contributed by atoms with E-state index in [1.807, 2.05) is 29.1 Å². The molecule has 0 fully saturated rings. The molecule has 3 aromatic rings. The first-order chi connectivity index (χ1) is 13.3. The second kappa shape index (κ2) is 6.46. The van der Waals surface area contributed by atoms with E-state index < -0.39 is 0 Å². The number of H-pyrrole nitrogens is 1. The second-order valence-corrected chi connectivity index (χ2v) is 6.71. The number of amides is 1. The molecule has 0 radical (unpaired) electrons. The monoisotopic (exact) mass is 365 g/mol. The van der Waals surface area contributed by atoms with Crippen LogP contribution in [0.2, 0.25) is 0 Å². The highest BCUT2D eigenvalue weighted by atomic mass is 16.7. The van der Waals surface area contributed by atoms with Gasteiger partial charge >= 0.3 is 0 Å². The van der Waals surface area contributed by atoms with Crippen molar-refractivity contribution in [3.8, 4) is 22.8 Å². The van der Waals surface area contributed by atoms with E-state index in [9.17, 15) is 4.79 Å². The van der Waals surface area contributed by atoms with Gasteiger partial charge in [-0.25, -0.2) is 0 Å². The molecule has 0 saturated heterocycles. The van der Waals surface area contributed by atoms with Crippen LogP contribution in [0.3, 0.4) is 0 Å². The number of nitrogens with zero attached hydrogens (tertiary/aromatic N) is 3. The number of aryl methyl sites for hydroxylation is 1. The molecule has 8 heteroatoms. The average Bonchev–Trinajstić information content (AvgIpc) is 3.44. The number of hydrogen-bond donors (Lipinski definition) is 2. The van der Waals surface area contributed by atoms with Gasteiger partial charge in [0, 0.05) is 29.9 Å². The van der Waals surface area contributed by atoms with Crippen LogP contribution in [0.4, 0.5) is 0 Å². The number of rotatable bonds is 4. The minimum Gasteiger partial charge on any atom is -0.454 e. The minimum absolute atomic E-state index is 0.190. The van der Waals surface area contributed by atoms with Crippen molar-refractivity contribution in [2.75, 3.05) is 6.79 Å². The Bertz CT molecular complexity index is 1010. The summed E-state index contributed by atoms with van der Waals surface area (Å²) in [5.74, 6) is 1.22. The highest BCUT2D eigenvalue weighted by molar-refractivity contribution is 5.93. The van der Waals surface area contributed by atoms with Crippen molar-refractivity contribution in [2.45, 2.75) is 32.4 Å². The van der Waals surface area contributed by atoms with Crippen LogP contribution in [0, 0.1) is 0 Å². The topological polar surface area (TPSA) is 94.1 Å². The molecule has 2 aliphatic rings. The Kier molecular flexibility index (Phi) is 3.81.